The van der Waals surface area contributed by atoms with E-state index < -0.39 is 0 Å². The van der Waals surface area contributed by atoms with Gasteiger partial charge in [-0.15, -0.1) is 0 Å². The molecule has 2 aromatic heterocycles. The minimum atomic E-state index is -0.181. The van der Waals surface area contributed by atoms with Crippen LogP contribution in [0.25, 0.3) is 17.0 Å². The fourth-order valence-corrected chi connectivity index (χ4v) is 3.03. The van der Waals surface area contributed by atoms with Crippen molar-refractivity contribution in [1.29, 1.82) is 0 Å². The summed E-state index contributed by atoms with van der Waals surface area (Å²) in [5.41, 5.74) is 4.45. The molecule has 0 fully saturated rings. The van der Waals surface area contributed by atoms with Crippen LogP contribution in [-0.4, -0.2) is 20.7 Å². The number of hydrogen-bond acceptors (Lipinski definition) is 4. The normalized spacial score (nSPS) is 10.8. The third kappa shape index (κ3) is 3.71. The Morgan fingerprint density at radius 2 is 1.82 bits per heavy atom. The van der Waals surface area contributed by atoms with Gasteiger partial charge in [-0.2, -0.15) is 5.10 Å². The zero-order valence-electron chi connectivity index (χ0n) is 15.7. The maximum Gasteiger partial charge on any atom is 0.251 e. The van der Waals surface area contributed by atoms with Crippen LogP contribution in [0.2, 0.25) is 0 Å². The van der Waals surface area contributed by atoms with E-state index in [1.54, 1.807) is 18.3 Å². The third-order valence-corrected chi connectivity index (χ3v) is 4.40. The Kier molecular flexibility index (Phi) is 4.76. The Bertz CT molecular complexity index is 1100. The first-order valence-electron chi connectivity index (χ1n) is 9.02. The topological polar surface area (TPSA) is 73.0 Å². The molecule has 6 heteroatoms. The summed E-state index contributed by atoms with van der Waals surface area (Å²) in [6.07, 6.45) is 1.67. The van der Waals surface area contributed by atoms with E-state index in [4.69, 9.17) is 4.42 Å². The van der Waals surface area contributed by atoms with E-state index in [1.807, 2.05) is 67.1 Å². The molecule has 4 aromatic rings. The standard InChI is InChI=1S/C22H20N4O2/c1-15-12-16(2)26(25-15)19-10-8-18(9-11-19)22(27)24-14-21-23-13-20(28-21)17-6-4-3-5-7-17/h3-13H,14H2,1-2H3,(H,24,27). The van der Waals surface area contributed by atoms with Gasteiger partial charge in [-0.3, -0.25) is 4.79 Å². The maximum absolute atomic E-state index is 12.4. The molecule has 0 aliphatic carbocycles. The second kappa shape index (κ2) is 7.52. The quantitative estimate of drug-likeness (QED) is 0.573. The van der Waals surface area contributed by atoms with Gasteiger partial charge in [0.1, 0.15) is 0 Å². The van der Waals surface area contributed by atoms with Gasteiger partial charge >= 0.3 is 0 Å². The molecule has 6 nitrogen and oxygen atoms in total. The summed E-state index contributed by atoms with van der Waals surface area (Å²) in [6.45, 7) is 4.18. The molecule has 0 atom stereocenters. The highest BCUT2D eigenvalue weighted by Gasteiger charge is 2.10. The van der Waals surface area contributed by atoms with E-state index in [0.717, 1.165) is 22.6 Å². The number of carbonyl (C=O) groups is 1. The monoisotopic (exact) mass is 372 g/mol. The van der Waals surface area contributed by atoms with Crippen molar-refractivity contribution in [3.63, 3.8) is 0 Å². The lowest BCUT2D eigenvalue weighted by Crippen LogP contribution is -2.22. The number of benzene rings is 2. The molecule has 0 radical (unpaired) electrons. The summed E-state index contributed by atoms with van der Waals surface area (Å²) < 4.78 is 7.57. The molecular formula is C22H20N4O2. The Morgan fingerprint density at radius 1 is 1.07 bits per heavy atom. The summed E-state index contributed by atoms with van der Waals surface area (Å²) in [5.74, 6) is 0.963. The largest absolute Gasteiger partial charge is 0.439 e. The van der Waals surface area contributed by atoms with Crippen molar-refractivity contribution < 1.29 is 9.21 Å². The molecule has 0 aliphatic heterocycles. The lowest BCUT2D eigenvalue weighted by Gasteiger charge is -2.06. The van der Waals surface area contributed by atoms with Gasteiger partial charge in [-0.25, -0.2) is 9.67 Å². The van der Waals surface area contributed by atoms with E-state index in [0.29, 0.717) is 17.2 Å². The number of oxazole rings is 1. The van der Waals surface area contributed by atoms with Gasteiger partial charge in [-0.1, -0.05) is 30.3 Å². The summed E-state index contributed by atoms with van der Waals surface area (Å²) in [4.78, 5) is 16.6. The van der Waals surface area contributed by atoms with Crippen molar-refractivity contribution in [2.24, 2.45) is 0 Å². The van der Waals surface area contributed by atoms with Crippen LogP contribution < -0.4 is 5.32 Å². The summed E-state index contributed by atoms with van der Waals surface area (Å²) in [7, 11) is 0. The predicted octanol–water partition coefficient (Wildman–Crippen LogP) is 4.07. The zero-order chi connectivity index (χ0) is 19.5. The minimum Gasteiger partial charge on any atom is -0.439 e. The molecule has 4 rings (SSSR count). The van der Waals surface area contributed by atoms with Gasteiger partial charge in [0, 0.05) is 16.8 Å². The SMILES string of the molecule is Cc1cc(C)n(-c2ccc(C(=O)NCc3ncc(-c4ccccc4)o3)cc2)n1. The van der Waals surface area contributed by atoms with Crippen LogP contribution in [0.15, 0.2) is 71.3 Å². The van der Waals surface area contributed by atoms with Gasteiger partial charge in [0.2, 0.25) is 5.89 Å². The highest BCUT2D eigenvalue weighted by atomic mass is 16.4. The first-order valence-corrected chi connectivity index (χ1v) is 9.02. The molecule has 1 N–H and O–H groups in total. The van der Waals surface area contributed by atoms with Gasteiger partial charge in [0.25, 0.3) is 5.91 Å². The number of hydrogen-bond donors (Lipinski definition) is 1. The van der Waals surface area contributed by atoms with Crippen LogP contribution in [0.4, 0.5) is 0 Å². The minimum absolute atomic E-state index is 0.181. The number of rotatable bonds is 5. The molecule has 140 valence electrons. The van der Waals surface area contributed by atoms with Crippen LogP contribution in [0.3, 0.4) is 0 Å². The van der Waals surface area contributed by atoms with Gasteiger partial charge < -0.3 is 9.73 Å². The average molecular weight is 372 g/mol. The maximum atomic E-state index is 12.4. The van der Waals surface area contributed by atoms with E-state index >= 15 is 0 Å². The number of nitrogens with one attached hydrogen (secondary N) is 1. The summed E-state index contributed by atoms with van der Waals surface area (Å²) in [6, 6.07) is 19.1. The Balaban J connectivity index is 1.40. The van der Waals surface area contributed by atoms with Crippen LogP contribution in [0.1, 0.15) is 27.6 Å². The zero-order valence-corrected chi connectivity index (χ0v) is 15.7. The summed E-state index contributed by atoms with van der Waals surface area (Å²) in [5, 5.41) is 7.29. The lowest BCUT2D eigenvalue weighted by molar-refractivity contribution is 0.0947. The molecule has 28 heavy (non-hydrogen) atoms. The van der Waals surface area contributed by atoms with E-state index in [2.05, 4.69) is 15.4 Å². The van der Waals surface area contributed by atoms with E-state index in [-0.39, 0.29) is 12.5 Å². The average Bonchev–Trinajstić information content (AvgIpc) is 3.33. The number of aromatic nitrogens is 3. The van der Waals surface area contributed by atoms with Crippen molar-refractivity contribution in [3.8, 4) is 17.0 Å². The number of aryl methyl sites for hydroxylation is 2. The Labute approximate surface area is 162 Å². The van der Waals surface area contributed by atoms with E-state index in [9.17, 15) is 4.79 Å². The Hall–Kier alpha value is -3.67. The molecule has 0 saturated carbocycles. The lowest BCUT2D eigenvalue weighted by atomic mass is 10.2. The Morgan fingerprint density at radius 3 is 2.50 bits per heavy atom. The molecule has 2 heterocycles. The molecule has 0 spiro atoms. The van der Waals surface area contributed by atoms with Gasteiger partial charge in [0.15, 0.2) is 5.76 Å². The van der Waals surface area contributed by atoms with E-state index in [1.165, 1.54) is 0 Å². The fraction of sp³-hybridized carbons (Fsp3) is 0.136. The smallest absolute Gasteiger partial charge is 0.251 e. The molecular weight excluding hydrogens is 352 g/mol. The van der Waals surface area contributed by atoms with Gasteiger partial charge in [0.05, 0.1) is 24.1 Å². The van der Waals surface area contributed by atoms with Crippen molar-refractivity contribution in [2.75, 3.05) is 0 Å². The van der Waals surface area contributed by atoms with Crippen LogP contribution in [0.5, 0.6) is 0 Å². The van der Waals surface area contributed by atoms with Crippen LogP contribution >= 0.6 is 0 Å². The third-order valence-electron chi connectivity index (χ3n) is 4.40. The van der Waals surface area contributed by atoms with Crippen LogP contribution in [0, 0.1) is 13.8 Å². The molecule has 0 saturated heterocycles. The highest BCUT2D eigenvalue weighted by Crippen LogP contribution is 2.19. The highest BCUT2D eigenvalue weighted by molar-refractivity contribution is 5.94. The number of carbonyl (C=O) groups excluding carboxylic acids is 1. The van der Waals surface area contributed by atoms with Gasteiger partial charge in [-0.05, 0) is 44.2 Å². The molecule has 0 unspecified atom stereocenters. The first-order chi connectivity index (χ1) is 13.6. The fourth-order valence-electron chi connectivity index (χ4n) is 3.03. The van der Waals surface area contributed by atoms with Crippen LogP contribution in [-0.2, 0) is 6.54 Å². The van der Waals surface area contributed by atoms with Crippen molar-refractivity contribution in [2.45, 2.75) is 20.4 Å². The second-order valence-electron chi connectivity index (χ2n) is 6.55. The molecule has 2 aromatic carbocycles. The molecule has 0 aliphatic rings. The summed E-state index contributed by atoms with van der Waals surface area (Å²) >= 11 is 0. The number of nitrogens with zero attached hydrogens (tertiary/aromatic N) is 3. The van der Waals surface area contributed by atoms with Crippen molar-refractivity contribution in [3.05, 3.63) is 89.7 Å². The second-order valence-corrected chi connectivity index (χ2v) is 6.55. The molecule has 0 bridgehead atoms. The predicted molar refractivity (Wildman–Crippen MR) is 106 cm³/mol. The van der Waals surface area contributed by atoms with Crippen molar-refractivity contribution in [1.82, 2.24) is 20.1 Å². The molecule has 1 amide bonds. The van der Waals surface area contributed by atoms with Crippen molar-refractivity contribution >= 4 is 5.91 Å². The first kappa shape index (κ1) is 17.7. The number of amides is 1.